The number of carbonyl (C=O) groups is 5. The first-order chi connectivity index (χ1) is 24.2. The van der Waals surface area contributed by atoms with E-state index in [1.165, 1.54) is 26.3 Å². The van der Waals surface area contributed by atoms with E-state index in [9.17, 15) is 39.1 Å². The van der Waals surface area contributed by atoms with Crippen molar-refractivity contribution in [2.24, 2.45) is 23.3 Å². The summed E-state index contributed by atoms with van der Waals surface area (Å²) in [6, 6.07) is 13.2. The first kappa shape index (κ1) is 43.4. The molecule has 9 N–H and O–H groups in total. The number of aryl methyl sites for hydroxylation is 1. The Kier molecular flexibility index (Phi) is 18.9. The second-order valence-electron chi connectivity index (χ2n) is 13.6. The molecule has 0 heterocycles. The quantitative estimate of drug-likeness (QED) is 0.0480. The zero-order valence-corrected chi connectivity index (χ0v) is 30.5. The van der Waals surface area contributed by atoms with Gasteiger partial charge in [0.2, 0.25) is 11.8 Å². The fraction of sp³-hybridized carbons (Fsp3) is 0.553. The average molecular weight is 709 g/mol. The summed E-state index contributed by atoms with van der Waals surface area (Å²) in [6.45, 7) is 6.71. The maximum Gasteiger partial charge on any atom is 0.454 e. The first-order valence-electron chi connectivity index (χ1n) is 18.0. The van der Waals surface area contributed by atoms with Crippen molar-refractivity contribution in [3.63, 3.8) is 0 Å². The van der Waals surface area contributed by atoms with Gasteiger partial charge in [0.05, 0.1) is 18.1 Å². The van der Waals surface area contributed by atoms with Crippen LogP contribution in [0.15, 0.2) is 48.5 Å². The summed E-state index contributed by atoms with van der Waals surface area (Å²) in [5.74, 6) is -5.17. The predicted octanol–water partition coefficient (Wildman–Crippen LogP) is 2.74. The van der Waals surface area contributed by atoms with E-state index in [1.807, 2.05) is 12.1 Å². The van der Waals surface area contributed by atoms with Crippen LogP contribution in [-0.4, -0.2) is 82.7 Å². The van der Waals surface area contributed by atoms with Crippen LogP contribution in [0.4, 0.5) is 0 Å². The molecule has 0 aliphatic rings. The summed E-state index contributed by atoms with van der Waals surface area (Å²) in [6.07, 6.45) is 2.72. The lowest BCUT2D eigenvalue weighted by atomic mass is 9.71. The summed E-state index contributed by atoms with van der Waals surface area (Å²) in [4.78, 5) is 65.6. The lowest BCUT2D eigenvalue weighted by Gasteiger charge is -2.25. The Morgan fingerprint density at radius 2 is 1.37 bits per heavy atom. The Hall–Kier alpha value is -3.75. The van der Waals surface area contributed by atoms with Crippen LogP contribution >= 0.6 is 0 Å². The van der Waals surface area contributed by atoms with E-state index in [-0.39, 0.29) is 37.4 Å². The van der Waals surface area contributed by atoms with E-state index in [0.29, 0.717) is 31.4 Å². The molecule has 0 saturated heterocycles. The molecule has 0 aliphatic heterocycles. The van der Waals surface area contributed by atoms with Crippen LogP contribution in [0.25, 0.3) is 11.1 Å². The smallest absolute Gasteiger partial charge is 0.427 e. The normalized spacial score (nSPS) is 14.8. The van der Waals surface area contributed by atoms with E-state index in [1.54, 1.807) is 12.1 Å². The second-order valence-corrected chi connectivity index (χ2v) is 13.6. The number of benzene rings is 2. The second kappa shape index (κ2) is 22.2. The molecule has 280 valence electrons. The van der Waals surface area contributed by atoms with Crippen LogP contribution in [0.2, 0.25) is 5.82 Å². The van der Waals surface area contributed by atoms with E-state index in [4.69, 9.17) is 11.5 Å². The van der Waals surface area contributed by atoms with Crippen LogP contribution < -0.4 is 22.1 Å². The highest BCUT2D eigenvalue weighted by molar-refractivity contribution is 6.43. The van der Waals surface area contributed by atoms with Crippen molar-refractivity contribution >= 4 is 36.3 Å². The van der Waals surface area contributed by atoms with Gasteiger partial charge in [-0.1, -0.05) is 75.7 Å². The van der Waals surface area contributed by atoms with Crippen LogP contribution in [0.5, 0.6) is 0 Å². The van der Waals surface area contributed by atoms with Gasteiger partial charge in [-0.2, -0.15) is 0 Å². The van der Waals surface area contributed by atoms with Crippen molar-refractivity contribution in [3.8, 4) is 11.1 Å². The number of aliphatic hydroxyl groups is 1. The van der Waals surface area contributed by atoms with Crippen LogP contribution in [0, 0.1) is 11.8 Å². The highest BCUT2D eigenvalue weighted by Crippen LogP contribution is 2.22. The van der Waals surface area contributed by atoms with Crippen LogP contribution in [0.1, 0.15) is 95.0 Å². The summed E-state index contributed by atoms with van der Waals surface area (Å²) in [5.41, 5.74) is 15.1. The van der Waals surface area contributed by atoms with Crippen molar-refractivity contribution in [2.75, 3.05) is 13.1 Å². The molecule has 0 radical (unpaired) electrons. The molecule has 0 aromatic heterocycles. The van der Waals surface area contributed by atoms with Gasteiger partial charge in [0.1, 0.15) is 6.04 Å². The van der Waals surface area contributed by atoms with Gasteiger partial charge < -0.3 is 37.3 Å². The maximum absolute atomic E-state index is 13.3. The summed E-state index contributed by atoms with van der Waals surface area (Å²) < 4.78 is 0. The molecule has 12 nitrogen and oxygen atoms in total. The predicted molar refractivity (Wildman–Crippen MR) is 198 cm³/mol. The lowest BCUT2D eigenvalue weighted by molar-refractivity contribution is -0.135. The highest BCUT2D eigenvalue weighted by atomic mass is 16.4. The Labute approximate surface area is 302 Å². The number of amides is 2. The number of hydrogen-bond donors (Lipinski definition) is 7. The molecule has 2 aromatic rings. The fourth-order valence-electron chi connectivity index (χ4n) is 5.67. The molecule has 0 fully saturated rings. The van der Waals surface area contributed by atoms with Gasteiger partial charge in [0, 0.05) is 37.3 Å². The zero-order chi connectivity index (χ0) is 38.1. The Balaban J connectivity index is 2.02. The number of rotatable bonds is 24. The van der Waals surface area contributed by atoms with Gasteiger partial charge in [-0.15, -0.1) is 0 Å². The van der Waals surface area contributed by atoms with E-state index >= 15 is 0 Å². The average Bonchev–Trinajstić information content (AvgIpc) is 3.11. The lowest BCUT2D eigenvalue weighted by Crippen LogP contribution is -2.51. The monoisotopic (exact) mass is 708 g/mol. The molecule has 6 atom stereocenters. The minimum absolute atomic E-state index is 0.168. The molecule has 13 heteroatoms. The Morgan fingerprint density at radius 3 is 1.90 bits per heavy atom. The molecule has 2 rings (SSSR count). The van der Waals surface area contributed by atoms with Gasteiger partial charge in [-0.25, -0.2) is 0 Å². The molecule has 0 aliphatic carbocycles. The number of nitrogens with two attached hydrogens (primary N) is 2. The molecule has 2 aromatic carbocycles. The topological polar surface area (TPSA) is 222 Å². The molecular formula is C38H57BN4O8. The number of carbonyl (C=O) groups excluding carboxylic acids is 5. The van der Waals surface area contributed by atoms with Gasteiger partial charge in [0.15, 0.2) is 17.3 Å². The van der Waals surface area contributed by atoms with Crippen molar-refractivity contribution in [3.05, 3.63) is 59.7 Å². The SMILES string of the molecule is CCCCc1ccc(-c2ccc(C(=O)C[C@@H](CN)C(=O)N[C@H](C(=O)C[C@@H](C)C(=O)N[C@@H](CCCCN)C(=O)C[C@@H](C)B(O)O)[C@@H](C)O)cc2)cc1. The standard InChI is InChI=1S/C38H57BN4O8/c1-5-6-9-27-11-13-28(14-12-27)29-15-17-30(18-16-29)33(45)22-31(23-41)38(49)43-36(26(4)44)35(47)20-24(2)37(48)42-32(10-7-8-19-40)34(46)21-25(3)39(50)51/h11-18,24-26,31-32,36,44,50-51H,5-10,19-23,40-41H2,1-4H3,(H,42,48)(H,43,49)/t24-,25-,26-,31+,32+,36+/m1/s1. The minimum Gasteiger partial charge on any atom is -0.427 e. The van der Waals surface area contributed by atoms with Crippen molar-refractivity contribution in [1.29, 1.82) is 0 Å². The Morgan fingerprint density at radius 1 is 0.765 bits per heavy atom. The Bertz CT molecular complexity index is 1420. The van der Waals surface area contributed by atoms with Crippen LogP contribution in [0.3, 0.4) is 0 Å². The molecule has 2 amide bonds. The fourth-order valence-corrected chi connectivity index (χ4v) is 5.67. The number of nitrogens with one attached hydrogen (secondary N) is 2. The molecule has 0 saturated carbocycles. The number of unbranched alkanes of at least 4 members (excludes halogenated alkanes) is 2. The first-order valence-corrected chi connectivity index (χ1v) is 18.0. The van der Waals surface area contributed by atoms with Crippen molar-refractivity contribution < 1.29 is 39.1 Å². The number of ketones is 3. The molecular weight excluding hydrogens is 651 g/mol. The van der Waals surface area contributed by atoms with Crippen molar-refractivity contribution in [2.45, 2.75) is 109 Å². The number of aliphatic hydroxyl groups excluding tert-OH is 1. The number of Topliss-reactive ketones (excluding diaryl/α,β-unsaturated/α-hetero) is 3. The van der Waals surface area contributed by atoms with E-state index in [0.717, 1.165) is 30.4 Å². The highest BCUT2D eigenvalue weighted by Gasteiger charge is 2.33. The van der Waals surface area contributed by atoms with Gasteiger partial charge in [-0.3, -0.25) is 24.0 Å². The third-order valence-electron chi connectivity index (χ3n) is 9.17. The largest absolute Gasteiger partial charge is 0.454 e. The molecule has 0 bridgehead atoms. The summed E-state index contributed by atoms with van der Waals surface area (Å²) in [5, 5.41) is 34.4. The van der Waals surface area contributed by atoms with Crippen LogP contribution in [-0.2, 0) is 25.6 Å². The molecule has 0 spiro atoms. The summed E-state index contributed by atoms with van der Waals surface area (Å²) in [7, 11) is -1.69. The third kappa shape index (κ3) is 14.4. The summed E-state index contributed by atoms with van der Waals surface area (Å²) >= 11 is 0. The van der Waals surface area contributed by atoms with Gasteiger partial charge in [-0.05, 0) is 68.1 Å². The maximum atomic E-state index is 13.3. The van der Waals surface area contributed by atoms with Gasteiger partial charge in [0.25, 0.3) is 0 Å². The van der Waals surface area contributed by atoms with E-state index in [2.05, 4.69) is 41.8 Å². The molecule has 0 unspecified atom stereocenters. The van der Waals surface area contributed by atoms with Crippen molar-refractivity contribution in [1.82, 2.24) is 10.6 Å². The van der Waals surface area contributed by atoms with E-state index < -0.39 is 60.6 Å². The molecule has 51 heavy (non-hydrogen) atoms. The zero-order valence-electron chi connectivity index (χ0n) is 30.5. The number of hydrogen-bond acceptors (Lipinski definition) is 10. The third-order valence-corrected chi connectivity index (χ3v) is 9.17. The van der Waals surface area contributed by atoms with Gasteiger partial charge >= 0.3 is 7.12 Å². The minimum atomic E-state index is -1.69.